The molecular weight excluding hydrogens is 264 g/mol. The van der Waals surface area contributed by atoms with Gasteiger partial charge >= 0.3 is 5.97 Å². The maximum atomic E-state index is 10.5. The maximum absolute atomic E-state index is 10.5. The molecule has 6 nitrogen and oxygen atoms in total. The zero-order valence-corrected chi connectivity index (χ0v) is 10.0. The third kappa shape index (κ3) is 2.95. The lowest BCUT2D eigenvalue weighted by Crippen LogP contribution is -2.02. The highest BCUT2D eigenvalue weighted by molar-refractivity contribution is 7.99. The number of rotatable bonds is 4. The topological polar surface area (TPSA) is 80.9 Å². The first-order chi connectivity index (χ1) is 8.16. The Labute approximate surface area is 106 Å². The molecule has 1 N–H and O–H groups in total. The SMILES string of the molecule is O=C(O)CSc1nnnn1-c1ccc(Cl)cc1. The Morgan fingerprint density at radius 2 is 2.12 bits per heavy atom. The number of aromatic nitrogens is 4. The van der Waals surface area contributed by atoms with Gasteiger partial charge in [0, 0.05) is 5.02 Å². The number of benzene rings is 1. The Bertz CT molecular complexity index is 528. The van der Waals surface area contributed by atoms with Crippen molar-refractivity contribution in [3.05, 3.63) is 29.3 Å². The number of thioether (sulfide) groups is 1. The first-order valence-electron chi connectivity index (χ1n) is 4.56. The van der Waals surface area contributed by atoms with Gasteiger partial charge in [0.15, 0.2) is 0 Å². The van der Waals surface area contributed by atoms with E-state index in [0.717, 1.165) is 17.4 Å². The van der Waals surface area contributed by atoms with Crippen LogP contribution in [0.1, 0.15) is 0 Å². The number of carboxylic acids is 1. The molecule has 0 saturated heterocycles. The van der Waals surface area contributed by atoms with Crippen molar-refractivity contribution in [3.8, 4) is 5.69 Å². The summed E-state index contributed by atoms with van der Waals surface area (Å²) in [7, 11) is 0. The minimum atomic E-state index is -0.916. The van der Waals surface area contributed by atoms with Crippen LogP contribution in [0.25, 0.3) is 5.69 Å². The average molecular weight is 271 g/mol. The summed E-state index contributed by atoms with van der Waals surface area (Å²) >= 11 is 6.83. The van der Waals surface area contributed by atoms with E-state index in [2.05, 4.69) is 15.5 Å². The molecule has 0 fully saturated rings. The van der Waals surface area contributed by atoms with Crippen molar-refractivity contribution >= 4 is 29.3 Å². The Morgan fingerprint density at radius 3 is 2.76 bits per heavy atom. The van der Waals surface area contributed by atoms with E-state index in [9.17, 15) is 4.79 Å². The van der Waals surface area contributed by atoms with Crippen LogP contribution < -0.4 is 0 Å². The van der Waals surface area contributed by atoms with Crippen LogP contribution in [0.5, 0.6) is 0 Å². The van der Waals surface area contributed by atoms with Gasteiger partial charge in [-0.1, -0.05) is 23.4 Å². The maximum Gasteiger partial charge on any atom is 0.313 e. The Balaban J connectivity index is 2.24. The molecule has 0 amide bonds. The first kappa shape index (κ1) is 11.9. The number of nitrogens with zero attached hydrogens (tertiary/aromatic N) is 4. The fraction of sp³-hybridized carbons (Fsp3) is 0.111. The lowest BCUT2D eigenvalue weighted by atomic mass is 10.3. The molecule has 2 aromatic rings. The second-order valence-electron chi connectivity index (χ2n) is 3.03. The summed E-state index contributed by atoms with van der Waals surface area (Å²) < 4.78 is 1.46. The summed E-state index contributed by atoms with van der Waals surface area (Å²) in [5.74, 6) is -1.01. The van der Waals surface area contributed by atoms with Gasteiger partial charge in [0.05, 0.1) is 11.4 Å². The molecule has 0 aliphatic heterocycles. The van der Waals surface area contributed by atoms with E-state index in [4.69, 9.17) is 16.7 Å². The van der Waals surface area contributed by atoms with E-state index < -0.39 is 5.97 Å². The van der Waals surface area contributed by atoms with E-state index in [1.165, 1.54) is 4.68 Å². The van der Waals surface area contributed by atoms with Crippen LogP contribution in [0.4, 0.5) is 0 Å². The number of carboxylic acid groups (broad SMARTS) is 1. The Morgan fingerprint density at radius 1 is 1.41 bits per heavy atom. The van der Waals surface area contributed by atoms with Crippen molar-refractivity contribution in [2.45, 2.75) is 5.16 Å². The second-order valence-corrected chi connectivity index (χ2v) is 4.41. The van der Waals surface area contributed by atoms with Crippen molar-refractivity contribution in [2.24, 2.45) is 0 Å². The van der Waals surface area contributed by atoms with Gasteiger partial charge in [-0.15, -0.1) is 5.10 Å². The van der Waals surface area contributed by atoms with Crippen molar-refractivity contribution in [3.63, 3.8) is 0 Å². The molecule has 0 aliphatic rings. The fourth-order valence-electron chi connectivity index (χ4n) is 1.14. The average Bonchev–Trinajstić information content (AvgIpc) is 2.75. The van der Waals surface area contributed by atoms with Crippen LogP contribution in [-0.2, 0) is 4.79 Å². The first-order valence-corrected chi connectivity index (χ1v) is 5.92. The van der Waals surface area contributed by atoms with E-state index in [1.807, 2.05) is 0 Å². The second kappa shape index (κ2) is 5.15. The molecule has 1 aromatic carbocycles. The Kier molecular flexibility index (Phi) is 3.60. The third-order valence-corrected chi connectivity index (χ3v) is 2.99. The molecule has 0 spiro atoms. The van der Waals surface area contributed by atoms with Crippen LogP contribution in [0, 0.1) is 0 Å². The number of aliphatic carboxylic acids is 1. The van der Waals surface area contributed by atoms with Crippen molar-refractivity contribution in [2.75, 3.05) is 5.75 Å². The summed E-state index contributed by atoms with van der Waals surface area (Å²) in [5.41, 5.74) is 0.729. The normalized spacial score (nSPS) is 10.4. The number of hydrogen-bond donors (Lipinski definition) is 1. The standard InChI is InChI=1S/C9H7ClN4O2S/c10-6-1-3-7(4-2-6)14-9(11-12-13-14)17-5-8(15)16/h1-4H,5H2,(H,15,16). The van der Waals surface area contributed by atoms with Crippen molar-refractivity contribution in [1.82, 2.24) is 20.2 Å². The van der Waals surface area contributed by atoms with Gasteiger partial charge in [0.25, 0.3) is 0 Å². The molecule has 0 saturated carbocycles. The van der Waals surface area contributed by atoms with Gasteiger partial charge in [-0.3, -0.25) is 4.79 Å². The molecule has 0 bridgehead atoms. The van der Waals surface area contributed by atoms with Crippen LogP contribution in [-0.4, -0.2) is 37.0 Å². The van der Waals surface area contributed by atoms with Crippen LogP contribution in [0.2, 0.25) is 5.02 Å². The van der Waals surface area contributed by atoms with Crippen LogP contribution in [0.3, 0.4) is 0 Å². The van der Waals surface area contributed by atoms with E-state index in [0.29, 0.717) is 10.2 Å². The fourth-order valence-corrected chi connectivity index (χ4v) is 1.88. The molecule has 0 radical (unpaired) electrons. The molecule has 1 heterocycles. The number of hydrogen-bond acceptors (Lipinski definition) is 5. The molecule has 88 valence electrons. The molecule has 1 aromatic heterocycles. The van der Waals surface area contributed by atoms with Gasteiger partial charge in [-0.25, -0.2) is 0 Å². The predicted octanol–water partition coefficient (Wildman–Crippen LogP) is 1.49. The van der Waals surface area contributed by atoms with Gasteiger partial charge in [-0.2, -0.15) is 4.68 Å². The number of halogens is 1. The molecule has 0 unspecified atom stereocenters. The van der Waals surface area contributed by atoms with Gasteiger partial charge in [0.2, 0.25) is 5.16 Å². The zero-order valence-electron chi connectivity index (χ0n) is 8.45. The molecular formula is C9H7ClN4O2S. The van der Waals surface area contributed by atoms with Crippen LogP contribution >= 0.6 is 23.4 Å². The summed E-state index contributed by atoms with van der Waals surface area (Å²) in [5, 5.41) is 20.7. The Hall–Kier alpha value is -1.60. The quantitative estimate of drug-likeness (QED) is 0.848. The molecule has 0 aliphatic carbocycles. The summed E-state index contributed by atoms with van der Waals surface area (Å²) in [4.78, 5) is 10.5. The van der Waals surface area contributed by atoms with Gasteiger partial charge in [-0.05, 0) is 34.7 Å². The monoisotopic (exact) mass is 270 g/mol. The molecule has 8 heteroatoms. The molecule has 17 heavy (non-hydrogen) atoms. The molecule has 0 atom stereocenters. The minimum Gasteiger partial charge on any atom is -0.481 e. The highest BCUT2D eigenvalue weighted by atomic mass is 35.5. The lowest BCUT2D eigenvalue weighted by Gasteiger charge is -2.02. The van der Waals surface area contributed by atoms with Gasteiger partial charge in [0.1, 0.15) is 0 Å². The predicted molar refractivity (Wildman–Crippen MR) is 62.5 cm³/mol. The largest absolute Gasteiger partial charge is 0.481 e. The highest BCUT2D eigenvalue weighted by Crippen LogP contribution is 2.19. The minimum absolute atomic E-state index is 0.0893. The summed E-state index contributed by atoms with van der Waals surface area (Å²) in [6.07, 6.45) is 0. The zero-order chi connectivity index (χ0) is 12.3. The van der Waals surface area contributed by atoms with E-state index in [-0.39, 0.29) is 5.75 Å². The van der Waals surface area contributed by atoms with Crippen LogP contribution in [0.15, 0.2) is 29.4 Å². The van der Waals surface area contributed by atoms with Crippen molar-refractivity contribution in [1.29, 1.82) is 0 Å². The van der Waals surface area contributed by atoms with E-state index in [1.54, 1.807) is 24.3 Å². The lowest BCUT2D eigenvalue weighted by molar-refractivity contribution is -0.133. The summed E-state index contributed by atoms with van der Waals surface area (Å²) in [6, 6.07) is 6.93. The van der Waals surface area contributed by atoms with Crippen molar-refractivity contribution < 1.29 is 9.90 Å². The highest BCUT2D eigenvalue weighted by Gasteiger charge is 2.10. The number of tetrazole rings is 1. The van der Waals surface area contributed by atoms with Gasteiger partial charge < -0.3 is 5.11 Å². The molecule has 2 rings (SSSR count). The third-order valence-electron chi connectivity index (χ3n) is 1.84. The summed E-state index contributed by atoms with van der Waals surface area (Å²) in [6.45, 7) is 0. The number of carbonyl (C=O) groups is 1. The van der Waals surface area contributed by atoms with E-state index >= 15 is 0 Å². The smallest absolute Gasteiger partial charge is 0.313 e.